The summed E-state index contributed by atoms with van der Waals surface area (Å²) in [6.45, 7) is 20.6. The van der Waals surface area contributed by atoms with Gasteiger partial charge in [0.2, 0.25) is 17.0 Å². The van der Waals surface area contributed by atoms with Crippen molar-refractivity contribution in [3.8, 4) is 33.6 Å². The van der Waals surface area contributed by atoms with Crippen LogP contribution in [-0.2, 0) is 4.79 Å². The Balaban J connectivity index is 0.000000126. The first kappa shape index (κ1) is 64.0. The van der Waals surface area contributed by atoms with E-state index in [1.807, 2.05) is 94.4 Å². The maximum Gasteiger partial charge on any atom is 0.248 e. The number of amides is 1. The van der Waals surface area contributed by atoms with E-state index in [0.29, 0.717) is 24.7 Å². The zero-order valence-electron chi connectivity index (χ0n) is 56.2. The van der Waals surface area contributed by atoms with Gasteiger partial charge in [0.05, 0.1) is 40.1 Å². The van der Waals surface area contributed by atoms with Crippen molar-refractivity contribution in [2.24, 2.45) is 11.8 Å². The van der Waals surface area contributed by atoms with Gasteiger partial charge in [-0.1, -0.05) is 36.4 Å². The number of rotatable bonds is 13. The van der Waals surface area contributed by atoms with Crippen molar-refractivity contribution in [2.75, 3.05) is 78.6 Å². The van der Waals surface area contributed by atoms with Crippen LogP contribution in [0.4, 0.5) is 45.5 Å². The largest absolute Gasteiger partial charge is 0.369 e. The molecule has 12 aromatic rings. The number of H-pyrrole nitrogens is 2. The molecule has 98 heavy (non-hydrogen) atoms. The lowest BCUT2D eigenvalue weighted by Gasteiger charge is -2.44. The molecule has 3 aliphatic heterocycles. The minimum Gasteiger partial charge on any atom is -0.369 e. The first-order valence-corrected chi connectivity index (χ1v) is 33.6. The number of anilines is 8. The smallest absolute Gasteiger partial charge is 0.248 e. The zero-order chi connectivity index (χ0) is 67.6. The lowest BCUT2D eigenvalue weighted by atomic mass is 9.87. The Bertz CT molecular complexity index is 5060. The van der Waals surface area contributed by atoms with Crippen molar-refractivity contribution in [1.82, 2.24) is 58.2 Å². The van der Waals surface area contributed by atoms with Crippen molar-refractivity contribution >= 4 is 73.9 Å². The molecule has 0 spiro atoms. The number of aromatic amines is 2. The number of carbonyl (C=O) groups is 1. The molecular formula is C78H81N17O3. The monoisotopic (exact) mass is 1300 g/mol. The summed E-state index contributed by atoms with van der Waals surface area (Å²) in [4.78, 5) is 68.7. The molecule has 16 rings (SSSR count). The van der Waals surface area contributed by atoms with Crippen LogP contribution >= 0.6 is 0 Å². The highest BCUT2D eigenvalue weighted by Gasteiger charge is 2.34. The summed E-state index contributed by atoms with van der Waals surface area (Å²) in [7, 11) is 2.20. The van der Waals surface area contributed by atoms with Gasteiger partial charge in [0.25, 0.3) is 0 Å². The van der Waals surface area contributed by atoms with Crippen molar-refractivity contribution in [3.63, 3.8) is 0 Å². The number of nitrogens with one attached hydrogen (secondary N) is 6. The number of fused-ring (bicyclic) bond motifs is 4. The minimum absolute atomic E-state index is 0.0485. The average Bonchev–Trinajstić information content (AvgIpc) is 1.54. The molecule has 1 amide bonds. The van der Waals surface area contributed by atoms with E-state index in [2.05, 4.69) is 209 Å². The standard InChI is InChI=1S/2C26H30N6O.C26H21N5O/c1-17-13-21(5-7-23(17)32-16-18(2)30(4)15-19(32)3)29-22-6-8-24(31-12-11-28-26(22)31)20-9-10-27-25(33)14-20;1-18(2)30-12-14-31(15-13-30)23-6-4-21(16-19(23)3)29-22-5-7-24(32-11-10-28-26(22)32)20-8-9-27-25(33)17-20;32-26-22-8-5-18(14-20(22)16-29-26)24-10-9-23(25-28-12-13-31(24)25)30-21-6-3-17(4-7-21)19-2-1-11-27-15-19/h5-14,18-19,29H,15-16H2,1-4H3,(H,27,33);4-11,16-18,29H,12-15H2,1-3H3,(H,27,33);1-15,20,22,30H,16H2,(H,29,32). The Kier molecular flexibility index (Phi) is 18.1. The molecule has 0 bridgehead atoms. The van der Waals surface area contributed by atoms with Crippen LogP contribution in [0, 0.1) is 25.7 Å². The average molecular weight is 1300 g/mol. The van der Waals surface area contributed by atoms with E-state index in [1.54, 1.807) is 43.1 Å². The topological polar surface area (TPSA) is 209 Å². The molecule has 496 valence electrons. The molecule has 12 heterocycles. The van der Waals surface area contributed by atoms with Crippen molar-refractivity contribution < 1.29 is 4.79 Å². The van der Waals surface area contributed by atoms with E-state index >= 15 is 0 Å². The van der Waals surface area contributed by atoms with E-state index in [-0.39, 0.29) is 28.9 Å². The van der Waals surface area contributed by atoms with E-state index in [9.17, 15) is 14.4 Å². The molecule has 3 aromatic carbocycles. The van der Waals surface area contributed by atoms with Crippen LogP contribution in [0.5, 0.6) is 0 Å². The number of carbonyl (C=O) groups excluding carboxylic acids is 1. The van der Waals surface area contributed by atoms with Crippen LogP contribution < -0.4 is 42.2 Å². The van der Waals surface area contributed by atoms with E-state index in [0.717, 1.165) is 135 Å². The minimum atomic E-state index is -0.123. The van der Waals surface area contributed by atoms with Gasteiger partial charge in [-0.15, -0.1) is 0 Å². The number of hydrogen-bond donors (Lipinski definition) is 6. The van der Waals surface area contributed by atoms with Crippen molar-refractivity contribution in [2.45, 2.75) is 59.7 Å². The molecule has 6 N–H and O–H groups in total. The maximum atomic E-state index is 11.9. The molecule has 3 fully saturated rings. The molecule has 0 radical (unpaired) electrons. The Hall–Kier alpha value is -11.4. The number of nitrogens with zero attached hydrogens (tertiary/aromatic N) is 11. The van der Waals surface area contributed by atoms with Gasteiger partial charge in [-0.2, -0.15) is 0 Å². The van der Waals surface area contributed by atoms with Gasteiger partial charge in [0.15, 0.2) is 16.9 Å². The summed E-state index contributed by atoms with van der Waals surface area (Å²) in [5.41, 5.74) is 21.1. The number of hydrogen-bond acceptors (Lipinski definition) is 14. The molecule has 4 unspecified atom stereocenters. The number of pyridine rings is 6. The number of likely N-dealkylation sites (N-methyl/N-ethyl adjacent to an activating group) is 1. The van der Waals surface area contributed by atoms with Crippen LogP contribution in [0.1, 0.15) is 44.5 Å². The molecule has 4 atom stereocenters. The van der Waals surface area contributed by atoms with Gasteiger partial charge in [-0.3, -0.25) is 42.4 Å². The molecule has 9 aromatic heterocycles. The number of aromatic nitrogens is 9. The fourth-order valence-corrected chi connectivity index (χ4v) is 14.0. The van der Waals surface area contributed by atoms with Crippen LogP contribution in [-0.4, -0.2) is 130 Å². The molecule has 4 aliphatic rings. The van der Waals surface area contributed by atoms with Gasteiger partial charge < -0.3 is 41.0 Å². The van der Waals surface area contributed by atoms with E-state index < -0.39 is 0 Å². The predicted molar refractivity (Wildman–Crippen MR) is 394 cm³/mol. The number of benzene rings is 3. The second kappa shape index (κ2) is 27.8. The quantitative estimate of drug-likeness (QED) is 0.0635. The normalized spacial score (nSPS) is 17.8. The van der Waals surface area contributed by atoms with E-state index in [4.69, 9.17) is 0 Å². The fourth-order valence-electron chi connectivity index (χ4n) is 14.0. The Morgan fingerprint density at radius 3 is 1.62 bits per heavy atom. The molecule has 0 saturated carbocycles. The van der Waals surface area contributed by atoms with Gasteiger partial charge in [0, 0.05) is 184 Å². The third-order valence-electron chi connectivity index (χ3n) is 19.3. The Morgan fingerprint density at radius 1 is 0.541 bits per heavy atom. The van der Waals surface area contributed by atoms with Crippen LogP contribution in [0.3, 0.4) is 0 Å². The first-order valence-electron chi connectivity index (χ1n) is 33.6. The summed E-state index contributed by atoms with van der Waals surface area (Å²) in [6.07, 6.45) is 24.4. The Morgan fingerprint density at radius 2 is 1.08 bits per heavy atom. The van der Waals surface area contributed by atoms with Gasteiger partial charge in [-0.05, 0) is 180 Å². The summed E-state index contributed by atoms with van der Waals surface area (Å²) < 4.78 is 6.10. The highest BCUT2D eigenvalue weighted by Crippen LogP contribution is 2.36. The van der Waals surface area contributed by atoms with Crippen LogP contribution in [0.2, 0.25) is 0 Å². The van der Waals surface area contributed by atoms with Gasteiger partial charge >= 0.3 is 0 Å². The predicted octanol–water partition coefficient (Wildman–Crippen LogP) is 13.0. The van der Waals surface area contributed by atoms with Crippen molar-refractivity contribution in [3.05, 3.63) is 251 Å². The SMILES string of the molecule is Cc1cc(Nc2ccc(-c3cc[nH]c(=O)c3)n3ccnc23)ccc1N1CC(C)N(C)CC1C.Cc1cc(Nc2ccc(-c3cc[nH]c(=O)c3)n3ccnc23)ccc1N1CCN(C(C)C)CC1.O=C1NCC2C=C(c3ccc(Nc4ccc(-c5cccnc5)cc4)c4nccn34)C=CC12. The van der Waals surface area contributed by atoms with Gasteiger partial charge in [-0.25, -0.2) is 15.0 Å². The Labute approximate surface area is 569 Å². The number of aryl methyl sites for hydroxylation is 2. The molecule has 3 saturated heterocycles. The molecule has 1 aliphatic carbocycles. The lowest BCUT2D eigenvalue weighted by Crippen LogP contribution is -2.55. The summed E-state index contributed by atoms with van der Waals surface area (Å²) in [5.74, 6) is 0.272. The maximum absolute atomic E-state index is 11.9. The lowest BCUT2D eigenvalue weighted by molar-refractivity contribution is -0.121. The second-order valence-corrected chi connectivity index (χ2v) is 26.2. The molecule has 20 nitrogen and oxygen atoms in total. The van der Waals surface area contributed by atoms with Crippen molar-refractivity contribution in [1.29, 1.82) is 0 Å². The molecular weight excluding hydrogens is 1220 g/mol. The summed E-state index contributed by atoms with van der Waals surface area (Å²) in [6, 6.07) is 46.3. The first-order chi connectivity index (χ1) is 47.7. The fraction of sp³-hybridized carbons (Fsp3) is 0.244. The van der Waals surface area contributed by atoms with Crippen LogP contribution in [0.25, 0.3) is 56.2 Å². The third kappa shape index (κ3) is 13.5. The van der Waals surface area contributed by atoms with E-state index in [1.165, 1.54) is 22.5 Å². The zero-order valence-corrected chi connectivity index (χ0v) is 56.2. The third-order valence-corrected chi connectivity index (χ3v) is 19.3. The second-order valence-electron chi connectivity index (χ2n) is 26.2. The molecule has 20 heteroatoms. The summed E-state index contributed by atoms with van der Waals surface area (Å²) >= 11 is 0. The van der Waals surface area contributed by atoms with Gasteiger partial charge in [0.1, 0.15) is 0 Å². The number of imidazole rings is 3. The number of allylic oxidation sites excluding steroid dienone is 2. The highest BCUT2D eigenvalue weighted by molar-refractivity contribution is 5.88. The summed E-state index contributed by atoms with van der Waals surface area (Å²) in [5, 5.41) is 13.5. The number of piperazine rings is 2. The highest BCUT2D eigenvalue weighted by atomic mass is 16.2. The van der Waals surface area contributed by atoms with Crippen LogP contribution in [0.15, 0.2) is 223 Å².